The average molecular weight is 1010 g/mol. The number of nitro benzene ring substituents is 4. The predicted molar refractivity (Wildman–Crippen MR) is 305 cm³/mol. The van der Waals surface area contributed by atoms with Crippen LogP contribution in [0.2, 0.25) is 0 Å². The van der Waals surface area contributed by atoms with E-state index in [4.69, 9.17) is 0 Å². The fraction of sp³-hybridized carbons (Fsp3) is 0.0667. The Bertz CT molecular complexity index is 3580. The maximum Gasteiger partial charge on any atom is 0.271 e. The lowest BCUT2D eigenvalue weighted by molar-refractivity contribution is -0.385. The highest BCUT2D eigenvalue weighted by Gasteiger charge is 2.14. The van der Waals surface area contributed by atoms with E-state index in [1.54, 1.807) is 48.5 Å². The molecule has 0 aliphatic carbocycles. The van der Waals surface area contributed by atoms with Crippen molar-refractivity contribution in [2.75, 3.05) is 47.8 Å². The molecular weight excluding hydrogens is 961 g/mol. The van der Waals surface area contributed by atoms with Gasteiger partial charge >= 0.3 is 0 Å². The number of anilines is 8. The number of fused-ring (bicyclic) bond motifs is 2. The number of benzene rings is 10. The van der Waals surface area contributed by atoms with Crippen LogP contribution in [0.25, 0.3) is 21.5 Å². The molecule has 0 saturated heterocycles. The molecule has 0 heterocycles. The van der Waals surface area contributed by atoms with Crippen molar-refractivity contribution in [3.8, 4) is 0 Å². The summed E-state index contributed by atoms with van der Waals surface area (Å²) < 4.78 is 0. The fourth-order valence-electron chi connectivity index (χ4n) is 8.11. The summed E-state index contributed by atoms with van der Waals surface area (Å²) in [5, 5.41) is 47.5. The maximum absolute atomic E-state index is 10.9. The minimum Gasteiger partial charge on any atom is -0.345 e. The van der Waals surface area contributed by atoms with Gasteiger partial charge in [-0.1, -0.05) is 121 Å². The van der Waals surface area contributed by atoms with Crippen molar-refractivity contribution in [3.05, 3.63) is 283 Å². The highest BCUT2D eigenvalue weighted by molar-refractivity contribution is 5.97. The Morgan fingerprint density at radius 1 is 0.263 bits per heavy atom. The number of nitro groups is 4. The Kier molecular flexibility index (Phi) is 17.7. The molecule has 0 unspecified atom stereocenters. The zero-order valence-corrected chi connectivity index (χ0v) is 41.9. The van der Waals surface area contributed by atoms with Gasteiger partial charge in [-0.25, -0.2) is 0 Å². The monoisotopic (exact) mass is 1010 g/mol. The van der Waals surface area contributed by atoms with Gasteiger partial charge in [-0.2, -0.15) is 0 Å². The third-order valence-corrected chi connectivity index (χ3v) is 12.3. The molecule has 0 atom stereocenters. The third kappa shape index (κ3) is 13.5. The predicted octanol–water partition coefficient (Wildman–Crippen LogP) is 15.8. The van der Waals surface area contributed by atoms with E-state index in [9.17, 15) is 40.5 Å². The number of non-ortho nitro benzene ring substituents is 4. The molecule has 0 fully saturated rings. The van der Waals surface area contributed by atoms with Crippen molar-refractivity contribution in [1.82, 2.24) is 0 Å². The summed E-state index contributed by atoms with van der Waals surface area (Å²) >= 11 is 0. The van der Waals surface area contributed by atoms with Crippen LogP contribution < -0.4 is 19.6 Å². The van der Waals surface area contributed by atoms with Crippen molar-refractivity contribution in [3.63, 3.8) is 0 Å². The molecule has 0 amide bonds. The van der Waals surface area contributed by atoms with E-state index < -0.39 is 4.92 Å². The molecule has 0 aliphatic rings. The third-order valence-electron chi connectivity index (χ3n) is 12.3. The zero-order valence-electron chi connectivity index (χ0n) is 41.9. The second-order valence-corrected chi connectivity index (χ2v) is 17.0. The Morgan fingerprint density at radius 2 is 0.539 bits per heavy atom. The summed E-state index contributed by atoms with van der Waals surface area (Å²) in [5.41, 5.74) is 7.96. The van der Waals surface area contributed by atoms with Crippen LogP contribution in [-0.4, -0.2) is 47.9 Å². The lowest BCUT2D eigenvalue weighted by Crippen LogP contribution is -2.10. The van der Waals surface area contributed by atoms with Gasteiger partial charge in [0, 0.05) is 133 Å². The molecule has 0 N–H and O–H groups in total. The van der Waals surface area contributed by atoms with Crippen LogP contribution in [0.3, 0.4) is 0 Å². The van der Waals surface area contributed by atoms with Gasteiger partial charge in [-0.3, -0.25) is 40.5 Å². The first kappa shape index (κ1) is 53.3. The van der Waals surface area contributed by atoms with Gasteiger partial charge in [0.25, 0.3) is 22.7 Å². The first-order chi connectivity index (χ1) is 36.7. The lowest BCUT2D eigenvalue weighted by Gasteiger charge is -2.21. The van der Waals surface area contributed by atoms with E-state index in [0.29, 0.717) is 0 Å². The highest BCUT2D eigenvalue weighted by atomic mass is 16.6. The summed E-state index contributed by atoms with van der Waals surface area (Å²) in [6, 6.07) is 74.3. The Morgan fingerprint density at radius 3 is 0.934 bits per heavy atom. The molecule has 16 heteroatoms. The fourth-order valence-corrected chi connectivity index (χ4v) is 8.11. The Balaban J connectivity index is 0.000000148. The summed E-state index contributed by atoms with van der Waals surface area (Å²) in [6.07, 6.45) is 0. The molecule has 16 nitrogen and oxygen atoms in total. The SMILES string of the molecule is CN(c1ccc([N+](=O)[O-])cc1)c1cccc2ccccc12.CN(c1cccc([N+](=O)[O-])c1)c1cccc2ccccc12.CN(c1ccccc1)c1ccc([N+](=O)[O-])cc1.CN(c1ccccc1)c1cccc([N+](=O)[O-])c1. The molecule has 0 spiro atoms. The second kappa shape index (κ2) is 25.3. The normalized spacial score (nSPS) is 10.3. The number of para-hydroxylation sites is 2. The van der Waals surface area contributed by atoms with E-state index in [0.717, 1.165) is 61.7 Å². The minimum atomic E-state index is -0.397. The van der Waals surface area contributed by atoms with Crippen LogP contribution in [-0.2, 0) is 0 Å². The van der Waals surface area contributed by atoms with E-state index in [-0.39, 0.29) is 37.5 Å². The Hall–Kier alpha value is -10.5. The van der Waals surface area contributed by atoms with E-state index >= 15 is 0 Å². The van der Waals surface area contributed by atoms with E-state index in [1.165, 1.54) is 41.8 Å². The van der Waals surface area contributed by atoms with Crippen LogP contribution in [0.4, 0.5) is 68.2 Å². The molecule has 10 rings (SSSR count). The first-order valence-electron chi connectivity index (χ1n) is 23.7. The van der Waals surface area contributed by atoms with Gasteiger partial charge in [0.15, 0.2) is 0 Å². The van der Waals surface area contributed by atoms with Crippen LogP contribution in [0, 0.1) is 40.5 Å². The number of hydrogen-bond acceptors (Lipinski definition) is 12. The molecule has 76 heavy (non-hydrogen) atoms. The number of hydrogen-bond donors (Lipinski definition) is 0. The lowest BCUT2D eigenvalue weighted by atomic mass is 10.1. The summed E-state index contributed by atoms with van der Waals surface area (Å²) in [6.45, 7) is 0. The molecule has 380 valence electrons. The zero-order chi connectivity index (χ0) is 54.1. The molecule has 0 aliphatic heterocycles. The summed E-state index contributed by atoms with van der Waals surface area (Å²) in [5.74, 6) is 0. The Labute approximate surface area is 438 Å². The highest BCUT2D eigenvalue weighted by Crippen LogP contribution is 2.34. The smallest absolute Gasteiger partial charge is 0.271 e. The van der Waals surface area contributed by atoms with Gasteiger partial charge in [0.1, 0.15) is 0 Å². The minimum absolute atomic E-state index is 0.0968. The van der Waals surface area contributed by atoms with Gasteiger partial charge in [0.2, 0.25) is 0 Å². The van der Waals surface area contributed by atoms with Crippen molar-refractivity contribution in [1.29, 1.82) is 0 Å². The van der Waals surface area contributed by atoms with Crippen LogP contribution in [0.5, 0.6) is 0 Å². The van der Waals surface area contributed by atoms with Gasteiger partial charge in [-0.05, 0) is 83.6 Å². The van der Waals surface area contributed by atoms with Crippen molar-refractivity contribution >= 4 is 89.8 Å². The number of rotatable bonds is 12. The maximum atomic E-state index is 10.9. The molecule has 10 aromatic carbocycles. The summed E-state index contributed by atoms with van der Waals surface area (Å²) in [4.78, 5) is 49.2. The van der Waals surface area contributed by atoms with Crippen LogP contribution in [0.1, 0.15) is 0 Å². The molecule has 0 saturated carbocycles. The molecule has 0 aromatic heterocycles. The quantitative estimate of drug-likeness (QED) is 0.0834. The second-order valence-electron chi connectivity index (χ2n) is 17.0. The topological polar surface area (TPSA) is 186 Å². The first-order valence-corrected chi connectivity index (χ1v) is 23.7. The van der Waals surface area contributed by atoms with E-state index in [1.807, 2.05) is 169 Å². The van der Waals surface area contributed by atoms with Crippen LogP contribution in [0.15, 0.2) is 243 Å². The standard InChI is InChI=1S/2C17H14N2O2.2C13H12N2O2/c1-18(14-8-5-9-15(12-14)19(20)21)17-11-4-7-13-6-2-3-10-16(13)17;1-18(14-9-11-15(12-10-14)19(20)21)17-8-4-6-13-5-2-3-7-16(13)17;1-14(11-6-3-2-4-7-11)12-8-5-9-13(10-12)15(16)17;1-14(11-5-3-2-4-6-11)12-7-9-13(10-8-12)15(16)17/h2*2-12H,1H3;2*2-10H,1H3. The molecule has 10 aromatic rings. The van der Waals surface area contributed by atoms with Crippen molar-refractivity contribution in [2.45, 2.75) is 0 Å². The van der Waals surface area contributed by atoms with Crippen molar-refractivity contribution in [2.24, 2.45) is 0 Å². The van der Waals surface area contributed by atoms with Crippen LogP contribution >= 0.6 is 0 Å². The molecular formula is C60H52N8O8. The molecule has 0 radical (unpaired) electrons. The summed E-state index contributed by atoms with van der Waals surface area (Å²) in [7, 11) is 7.69. The van der Waals surface area contributed by atoms with Gasteiger partial charge in [-0.15, -0.1) is 0 Å². The average Bonchev–Trinajstić information content (AvgIpc) is 3.47. The largest absolute Gasteiger partial charge is 0.345 e. The number of nitrogens with zero attached hydrogens (tertiary/aromatic N) is 8. The van der Waals surface area contributed by atoms with E-state index in [2.05, 4.69) is 36.4 Å². The van der Waals surface area contributed by atoms with Gasteiger partial charge < -0.3 is 19.6 Å². The van der Waals surface area contributed by atoms with Gasteiger partial charge in [0.05, 0.1) is 19.7 Å². The van der Waals surface area contributed by atoms with Crippen molar-refractivity contribution < 1.29 is 19.7 Å². The molecule has 0 bridgehead atoms.